The molecule has 3 radical (unpaired) electrons. The topological polar surface area (TPSA) is 0 Å². The van der Waals surface area contributed by atoms with E-state index in [0.717, 1.165) is 0 Å². The Kier molecular flexibility index (Phi) is 310. The molecule has 0 heterocycles. The van der Waals surface area contributed by atoms with Crippen LogP contribution in [0.15, 0.2) is 0 Å². The van der Waals surface area contributed by atoms with Gasteiger partial charge in [0, 0.05) is 41.4 Å². The molecule has 0 fully saturated rings. The smallest absolute Gasteiger partial charge is 0 e. The first-order valence-electron chi connectivity index (χ1n) is 0. The van der Waals surface area contributed by atoms with E-state index in [9.17, 15) is 0 Å². The fraction of sp³-hybridized carbons (Fsp3) is 0. The third-order valence-corrected chi connectivity index (χ3v) is 0. The standard InChI is InChI=1S/B.2Ni.H3P/h;;;1H3. The maximum atomic E-state index is 0. The second-order valence-electron chi connectivity index (χ2n) is 0. The number of hydrogen-bond acceptors (Lipinski definition) is 0. The molecule has 0 saturated carbocycles. The van der Waals surface area contributed by atoms with Gasteiger partial charge in [0.25, 0.3) is 0 Å². The van der Waals surface area contributed by atoms with Crippen LogP contribution in [-0.4, -0.2) is 8.41 Å². The number of rotatable bonds is 0. The summed E-state index contributed by atoms with van der Waals surface area (Å²) in [6.45, 7) is 0. The Balaban J connectivity index is 0. The molecule has 0 N–H and O–H groups in total. The van der Waals surface area contributed by atoms with Gasteiger partial charge in [0.05, 0.1) is 0 Å². The largest absolute Gasteiger partial charge is 0.153 e. The molecule has 0 aliphatic heterocycles. The predicted molar refractivity (Wildman–Crippen MR) is 16.9 cm³/mol. The van der Waals surface area contributed by atoms with E-state index in [-0.39, 0.29) is 51.3 Å². The summed E-state index contributed by atoms with van der Waals surface area (Å²) in [6, 6.07) is 0. The van der Waals surface area contributed by atoms with Gasteiger partial charge in [-0.1, -0.05) is 0 Å². The molecule has 0 aliphatic carbocycles. The zero-order valence-corrected chi connectivity index (χ0v) is 5.31. The molecule has 0 nitrogen and oxygen atoms in total. The summed E-state index contributed by atoms with van der Waals surface area (Å²) in [5.74, 6) is 0. The minimum absolute atomic E-state index is 0. The van der Waals surface area contributed by atoms with E-state index in [1.807, 2.05) is 0 Å². The van der Waals surface area contributed by atoms with Crippen molar-refractivity contribution >= 4 is 18.3 Å². The normalized spacial score (nSPS) is 0. The monoisotopic (exact) mass is 161 g/mol. The Hall–Kier alpha value is 1.48. The molecule has 0 aliphatic rings. The first kappa shape index (κ1) is 50.1. The van der Waals surface area contributed by atoms with Crippen molar-refractivity contribution in [1.29, 1.82) is 0 Å². The van der Waals surface area contributed by atoms with Crippen molar-refractivity contribution in [3.05, 3.63) is 0 Å². The van der Waals surface area contributed by atoms with Crippen LogP contribution in [0.4, 0.5) is 0 Å². The number of hydrogen-bond donors (Lipinski definition) is 0. The van der Waals surface area contributed by atoms with Crippen LogP contribution in [0.3, 0.4) is 0 Å². The van der Waals surface area contributed by atoms with Crippen LogP contribution in [0.1, 0.15) is 0 Å². The van der Waals surface area contributed by atoms with Crippen molar-refractivity contribution in [3.8, 4) is 0 Å². The fourth-order valence-electron chi connectivity index (χ4n) is 0. The summed E-state index contributed by atoms with van der Waals surface area (Å²) in [6.07, 6.45) is 0. The van der Waals surface area contributed by atoms with Gasteiger partial charge in [-0.3, -0.25) is 0 Å². The summed E-state index contributed by atoms with van der Waals surface area (Å²) in [4.78, 5) is 0. The van der Waals surface area contributed by atoms with Gasteiger partial charge in [0.15, 0.2) is 0 Å². The van der Waals surface area contributed by atoms with Crippen molar-refractivity contribution in [2.45, 2.75) is 0 Å². The van der Waals surface area contributed by atoms with Crippen LogP contribution >= 0.6 is 9.90 Å². The van der Waals surface area contributed by atoms with Gasteiger partial charge >= 0.3 is 0 Å². The maximum Gasteiger partial charge on any atom is 0 e. The molecule has 4 heteroatoms. The van der Waals surface area contributed by atoms with Gasteiger partial charge in [0.1, 0.15) is 0 Å². The maximum absolute atomic E-state index is 0. The van der Waals surface area contributed by atoms with E-state index < -0.39 is 0 Å². The molecule has 0 aromatic rings. The first-order chi connectivity index (χ1) is 0. The van der Waals surface area contributed by atoms with E-state index in [4.69, 9.17) is 0 Å². The van der Waals surface area contributed by atoms with Crippen LogP contribution in [0.5, 0.6) is 0 Å². The summed E-state index contributed by atoms with van der Waals surface area (Å²) >= 11 is 0. The fourth-order valence-corrected chi connectivity index (χ4v) is 0. The van der Waals surface area contributed by atoms with Crippen LogP contribution in [0.2, 0.25) is 0 Å². The van der Waals surface area contributed by atoms with E-state index in [1.54, 1.807) is 0 Å². The third kappa shape index (κ3) is 9.77. The van der Waals surface area contributed by atoms with Gasteiger partial charge in [0.2, 0.25) is 0 Å². The third-order valence-electron chi connectivity index (χ3n) is 0. The van der Waals surface area contributed by atoms with Crippen molar-refractivity contribution < 1.29 is 33.0 Å². The molecule has 1 atom stereocenters. The molecule has 0 aromatic carbocycles. The molecule has 4 heavy (non-hydrogen) atoms. The molecule has 1 unspecified atom stereocenters. The van der Waals surface area contributed by atoms with Gasteiger partial charge in [-0.2, -0.15) is 9.90 Å². The Morgan fingerprint density at radius 2 is 0.750 bits per heavy atom. The summed E-state index contributed by atoms with van der Waals surface area (Å²) < 4.78 is 0. The van der Waals surface area contributed by atoms with Crippen LogP contribution in [0, 0.1) is 0 Å². The second kappa shape index (κ2) is 24.7. The Morgan fingerprint density at radius 1 is 0.750 bits per heavy atom. The van der Waals surface area contributed by atoms with Crippen LogP contribution in [0.25, 0.3) is 0 Å². The van der Waals surface area contributed by atoms with Gasteiger partial charge < -0.3 is 0 Å². The van der Waals surface area contributed by atoms with Gasteiger partial charge in [-0.05, 0) is 0 Å². The van der Waals surface area contributed by atoms with E-state index in [0.29, 0.717) is 0 Å². The molecule has 0 spiro atoms. The van der Waals surface area contributed by atoms with Crippen molar-refractivity contribution in [3.63, 3.8) is 0 Å². The zero-order chi connectivity index (χ0) is 0. The Morgan fingerprint density at radius 3 is 0.750 bits per heavy atom. The zero-order valence-electron chi connectivity index (χ0n) is 1.92. The molecule has 0 rings (SSSR count). The summed E-state index contributed by atoms with van der Waals surface area (Å²) in [5, 5.41) is 0. The summed E-state index contributed by atoms with van der Waals surface area (Å²) in [7, 11) is 0. The average Bonchev–Trinajstić information content (AvgIpc) is 0. The molecule has 31 valence electrons. The Bertz CT molecular complexity index is 6.00. The van der Waals surface area contributed by atoms with E-state index in [1.165, 1.54) is 0 Å². The van der Waals surface area contributed by atoms with Crippen LogP contribution < -0.4 is 0 Å². The van der Waals surface area contributed by atoms with E-state index >= 15 is 0 Å². The summed E-state index contributed by atoms with van der Waals surface area (Å²) in [5.41, 5.74) is 0. The molecule has 0 amide bonds. The van der Waals surface area contributed by atoms with E-state index in [2.05, 4.69) is 0 Å². The molecular formula is H3BNi2P. The van der Waals surface area contributed by atoms with Crippen molar-refractivity contribution in [2.75, 3.05) is 0 Å². The average molecular weight is 162 g/mol. The minimum atomic E-state index is 0. The van der Waals surface area contributed by atoms with Gasteiger partial charge in [-0.25, -0.2) is 0 Å². The molecule has 0 bridgehead atoms. The van der Waals surface area contributed by atoms with Crippen LogP contribution in [-0.2, 0) is 33.0 Å². The predicted octanol–water partition coefficient (Wildman–Crippen LogP) is -0.328. The molecule has 0 saturated heterocycles. The first-order valence-corrected chi connectivity index (χ1v) is 0. The minimum Gasteiger partial charge on any atom is -0.153 e. The molecule has 0 aromatic heterocycles. The Labute approximate surface area is 51.5 Å². The second-order valence-corrected chi connectivity index (χ2v) is 0. The van der Waals surface area contributed by atoms with Crippen molar-refractivity contribution in [2.24, 2.45) is 0 Å². The SMILES string of the molecule is P.[B].[Ni].[Ni]. The molecular weight excluding hydrogens is 159 g/mol. The van der Waals surface area contributed by atoms with Crippen molar-refractivity contribution in [1.82, 2.24) is 0 Å². The quantitative estimate of drug-likeness (QED) is 0.338. The van der Waals surface area contributed by atoms with Gasteiger partial charge in [-0.15, -0.1) is 0 Å².